The quantitative estimate of drug-likeness (QED) is 0.576. The van der Waals surface area contributed by atoms with E-state index in [2.05, 4.69) is 22.7 Å². The molecule has 0 heterocycles. The third kappa shape index (κ3) is 2.86. The van der Waals surface area contributed by atoms with E-state index in [-0.39, 0.29) is 11.8 Å². The number of amides is 1. The van der Waals surface area contributed by atoms with E-state index in [9.17, 15) is 4.79 Å². The highest BCUT2D eigenvalue weighted by Crippen LogP contribution is 2.44. The molecule has 0 saturated heterocycles. The van der Waals surface area contributed by atoms with Gasteiger partial charge in [0.1, 0.15) is 5.75 Å². The number of fused-ring (bicyclic) bond motifs is 3. The smallest absolute Gasteiger partial charge is 0.252 e. The number of hydrogen-bond donors (Lipinski definition) is 1. The van der Waals surface area contributed by atoms with Crippen molar-refractivity contribution in [2.45, 2.75) is 5.92 Å². The second kappa shape index (κ2) is 6.84. The van der Waals surface area contributed by atoms with Gasteiger partial charge in [0, 0.05) is 0 Å². The lowest BCUT2D eigenvalue weighted by Crippen LogP contribution is -2.25. The van der Waals surface area contributed by atoms with Crippen LogP contribution >= 0.6 is 0 Å². The molecule has 4 rings (SSSR count). The second-order valence-corrected chi connectivity index (χ2v) is 6.11. The molecule has 128 valence electrons. The number of ether oxygens (including phenoxy) is 1. The lowest BCUT2D eigenvalue weighted by atomic mass is 9.96. The first-order chi connectivity index (χ1) is 12.8. The van der Waals surface area contributed by atoms with Crippen LogP contribution in [0.2, 0.25) is 0 Å². The first-order valence-electron chi connectivity index (χ1n) is 8.43. The number of carbonyl (C=O) groups excluding carboxylic acids is 1. The van der Waals surface area contributed by atoms with Crippen LogP contribution in [0.25, 0.3) is 11.1 Å². The van der Waals surface area contributed by atoms with E-state index in [1.807, 2.05) is 60.7 Å². The molecule has 1 aliphatic carbocycles. The van der Waals surface area contributed by atoms with E-state index in [1.54, 1.807) is 13.3 Å². The molecule has 0 aliphatic heterocycles. The molecule has 4 heteroatoms. The molecule has 0 bridgehead atoms. The summed E-state index contributed by atoms with van der Waals surface area (Å²) in [5.74, 6) is 0.313. The van der Waals surface area contributed by atoms with Gasteiger partial charge in [0.2, 0.25) is 0 Å². The number of hydrogen-bond acceptors (Lipinski definition) is 3. The Kier molecular flexibility index (Phi) is 4.23. The molecule has 1 amide bonds. The fraction of sp³-hybridized carbons (Fsp3) is 0.0909. The molecule has 3 aromatic rings. The first kappa shape index (κ1) is 16.1. The Bertz CT molecular complexity index is 932. The van der Waals surface area contributed by atoms with Gasteiger partial charge in [0.05, 0.1) is 19.2 Å². The van der Waals surface area contributed by atoms with Crippen molar-refractivity contribution >= 4 is 12.1 Å². The van der Waals surface area contributed by atoms with Crippen LogP contribution in [0.15, 0.2) is 77.9 Å². The third-order valence-electron chi connectivity index (χ3n) is 4.60. The molecule has 0 fully saturated rings. The van der Waals surface area contributed by atoms with E-state index < -0.39 is 0 Å². The Labute approximate surface area is 152 Å². The summed E-state index contributed by atoms with van der Waals surface area (Å²) in [7, 11) is 1.63. The highest BCUT2D eigenvalue weighted by molar-refractivity contribution is 5.96. The maximum atomic E-state index is 12.8. The van der Waals surface area contributed by atoms with Crippen LogP contribution < -0.4 is 10.2 Å². The number of carbonyl (C=O) groups is 1. The zero-order chi connectivity index (χ0) is 17.9. The molecule has 0 spiro atoms. The van der Waals surface area contributed by atoms with Gasteiger partial charge in [-0.3, -0.25) is 4.79 Å². The number of hydrazone groups is 1. The summed E-state index contributed by atoms with van der Waals surface area (Å²) in [6.45, 7) is 0. The van der Waals surface area contributed by atoms with Crippen LogP contribution in [0.1, 0.15) is 22.6 Å². The van der Waals surface area contributed by atoms with Gasteiger partial charge in [-0.25, -0.2) is 5.43 Å². The van der Waals surface area contributed by atoms with E-state index in [0.717, 1.165) is 33.6 Å². The van der Waals surface area contributed by atoms with Crippen LogP contribution in [0, 0.1) is 0 Å². The second-order valence-electron chi connectivity index (χ2n) is 6.11. The van der Waals surface area contributed by atoms with E-state index in [4.69, 9.17) is 4.74 Å². The minimum atomic E-state index is -0.338. The van der Waals surface area contributed by atoms with Gasteiger partial charge < -0.3 is 4.74 Å². The topological polar surface area (TPSA) is 50.7 Å². The van der Waals surface area contributed by atoms with E-state index >= 15 is 0 Å². The fourth-order valence-electron chi connectivity index (χ4n) is 3.36. The van der Waals surface area contributed by atoms with Crippen molar-refractivity contribution in [3.8, 4) is 16.9 Å². The van der Waals surface area contributed by atoms with Gasteiger partial charge in [-0.05, 0) is 52.1 Å². The Hall–Kier alpha value is -3.40. The maximum Gasteiger partial charge on any atom is 0.252 e. The van der Waals surface area contributed by atoms with Crippen molar-refractivity contribution in [1.82, 2.24) is 5.43 Å². The summed E-state index contributed by atoms with van der Waals surface area (Å²) in [5.41, 5.74) is 7.84. The Morgan fingerprint density at radius 2 is 1.50 bits per heavy atom. The molecule has 0 unspecified atom stereocenters. The highest BCUT2D eigenvalue weighted by Gasteiger charge is 2.33. The van der Waals surface area contributed by atoms with Crippen LogP contribution in [-0.2, 0) is 4.79 Å². The summed E-state index contributed by atoms with van der Waals surface area (Å²) >= 11 is 0. The first-order valence-corrected chi connectivity index (χ1v) is 8.43. The predicted molar refractivity (Wildman–Crippen MR) is 102 cm³/mol. The molecule has 0 aromatic heterocycles. The van der Waals surface area contributed by atoms with Crippen molar-refractivity contribution in [3.05, 3.63) is 89.5 Å². The molecule has 0 radical (unpaired) electrons. The van der Waals surface area contributed by atoms with Crippen molar-refractivity contribution in [2.75, 3.05) is 7.11 Å². The van der Waals surface area contributed by atoms with Crippen LogP contribution in [0.5, 0.6) is 5.75 Å². The van der Waals surface area contributed by atoms with Crippen molar-refractivity contribution in [3.63, 3.8) is 0 Å². The number of nitrogens with one attached hydrogen (secondary N) is 1. The van der Waals surface area contributed by atoms with Gasteiger partial charge in [0.25, 0.3) is 5.91 Å². The number of rotatable bonds is 4. The average Bonchev–Trinajstić information content (AvgIpc) is 3.03. The predicted octanol–water partition coefficient (Wildman–Crippen LogP) is 3.96. The molecule has 0 saturated carbocycles. The molecule has 1 aliphatic rings. The SMILES string of the molecule is COc1ccc(C=NNC(=O)C2c3ccccc3-c3ccccc32)cc1. The molecular formula is C22H18N2O2. The van der Waals surface area contributed by atoms with Crippen LogP contribution in [-0.4, -0.2) is 19.2 Å². The standard InChI is InChI=1S/C22H18N2O2/c1-26-16-12-10-15(11-13-16)14-23-24-22(25)21-19-8-4-2-6-17(19)18-7-3-5-9-20(18)21/h2-14,21H,1H3,(H,24,25). The molecular weight excluding hydrogens is 324 g/mol. The summed E-state index contributed by atoms with van der Waals surface area (Å²) in [5, 5.41) is 4.12. The molecule has 4 nitrogen and oxygen atoms in total. The lowest BCUT2D eigenvalue weighted by molar-refractivity contribution is -0.121. The number of benzene rings is 3. The monoisotopic (exact) mass is 342 g/mol. The summed E-state index contributed by atoms with van der Waals surface area (Å²) in [6.07, 6.45) is 1.63. The van der Waals surface area contributed by atoms with Gasteiger partial charge in [-0.1, -0.05) is 48.5 Å². The maximum absolute atomic E-state index is 12.8. The number of nitrogens with zero attached hydrogens (tertiary/aromatic N) is 1. The highest BCUT2D eigenvalue weighted by atomic mass is 16.5. The number of methoxy groups -OCH3 is 1. The molecule has 3 aromatic carbocycles. The van der Waals surface area contributed by atoms with Crippen molar-refractivity contribution in [1.29, 1.82) is 0 Å². The Morgan fingerprint density at radius 1 is 0.923 bits per heavy atom. The molecule has 0 atom stereocenters. The normalized spacial score (nSPS) is 12.7. The summed E-state index contributed by atoms with van der Waals surface area (Å²) < 4.78 is 5.13. The third-order valence-corrected chi connectivity index (χ3v) is 4.60. The van der Waals surface area contributed by atoms with Gasteiger partial charge in [0.15, 0.2) is 0 Å². The Morgan fingerprint density at radius 3 is 2.08 bits per heavy atom. The van der Waals surface area contributed by atoms with E-state index in [0.29, 0.717) is 0 Å². The largest absolute Gasteiger partial charge is 0.497 e. The van der Waals surface area contributed by atoms with Crippen LogP contribution in [0.4, 0.5) is 0 Å². The zero-order valence-electron chi connectivity index (χ0n) is 14.3. The average molecular weight is 342 g/mol. The zero-order valence-corrected chi connectivity index (χ0v) is 14.3. The van der Waals surface area contributed by atoms with Crippen molar-refractivity contribution < 1.29 is 9.53 Å². The minimum absolute atomic E-state index is 0.132. The lowest BCUT2D eigenvalue weighted by Gasteiger charge is -2.11. The minimum Gasteiger partial charge on any atom is -0.497 e. The van der Waals surface area contributed by atoms with Gasteiger partial charge >= 0.3 is 0 Å². The van der Waals surface area contributed by atoms with Gasteiger partial charge in [-0.2, -0.15) is 5.10 Å². The van der Waals surface area contributed by atoms with E-state index in [1.165, 1.54) is 0 Å². The molecule has 26 heavy (non-hydrogen) atoms. The van der Waals surface area contributed by atoms with Crippen molar-refractivity contribution in [2.24, 2.45) is 5.10 Å². The summed E-state index contributed by atoms with van der Waals surface area (Å²) in [4.78, 5) is 12.8. The van der Waals surface area contributed by atoms with Gasteiger partial charge in [-0.15, -0.1) is 0 Å². The summed E-state index contributed by atoms with van der Waals surface area (Å²) in [6, 6.07) is 23.5. The van der Waals surface area contributed by atoms with Crippen LogP contribution in [0.3, 0.4) is 0 Å². The Balaban J connectivity index is 1.55. The molecule has 1 N–H and O–H groups in total. The fourth-order valence-corrected chi connectivity index (χ4v) is 3.36.